The molecule has 0 fully saturated rings. The van der Waals surface area contributed by atoms with Crippen LogP contribution in [0.15, 0.2) is 48.5 Å². The van der Waals surface area contributed by atoms with Gasteiger partial charge in [0.2, 0.25) is 5.91 Å². The standard InChI is InChI=1S/C19H21NO3/c1-13-10-14(2)12-16(11-13)18(19(22)23)20-17(21)9-8-15-6-4-3-5-7-15/h3-7,10-12,18H,8-9H2,1-2H3,(H,20,21)(H,22,23). The van der Waals surface area contributed by atoms with E-state index in [4.69, 9.17) is 0 Å². The van der Waals surface area contributed by atoms with E-state index in [2.05, 4.69) is 5.32 Å². The van der Waals surface area contributed by atoms with Crippen molar-refractivity contribution in [1.82, 2.24) is 5.32 Å². The molecule has 2 rings (SSSR count). The van der Waals surface area contributed by atoms with Crippen molar-refractivity contribution in [3.05, 3.63) is 70.8 Å². The molecule has 0 aliphatic heterocycles. The van der Waals surface area contributed by atoms with Crippen LogP contribution in [0.25, 0.3) is 0 Å². The highest BCUT2D eigenvalue weighted by Gasteiger charge is 2.22. The quantitative estimate of drug-likeness (QED) is 0.861. The Hall–Kier alpha value is -2.62. The third-order valence-corrected chi connectivity index (χ3v) is 3.61. The van der Waals surface area contributed by atoms with Crippen LogP contribution < -0.4 is 5.32 Å². The maximum absolute atomic E-state index is 12.1. The Bertz CT molecular complexity index is 675. The van der Waals surface area contributed by atoms with Crippen molar-refractivity contribution in [2.75, 3.05) is 0 Å². The average molecular weight is 311 g/mol. The van der Waals surface area contributed by atoms with Gasteiger partial charge in [-0.2, -0.15) is 0 Å². The maximum atomic E-state index is 12.1. The fraction of sp³-hybridized carbons (Fsp3) is 0.263. The van der Waals surface area contributed by atoms with E-state index in [9.17, 15) is 14.7 Å². The highest BCUT2D eigenvalue weighted by Crippen LogP contribution is 2.18. The first kappa shape index (κ1) is 16.7. The topological polar surface area (TPSA) is 66.4 Å². The molecule has 0 saturated heterocycles. The third kappa shape index (κ3) is 4.95. The predicted molar refractivity (Wildman–Crippen MR) is 89.2 cm³/mol. The van der Waals surface area contributed by atoms with Crippen molar-refractivity contribution in [3.63, 3.8) is 0 Å². The van der Waals surface area contributed by atoms with Gasteiger partial charge in [-0.25, -0.2) is 4.79 Å². The molecule has 4 heteroatoms. The molecule has 0 aromatic heterocycles. The van der Waals surface area contributed by atoms with Gasteiger partial charge < -0.3 is 10.4 Å². The van der Waals surface area contributed by atoms with Crippen LogP contribution in [-0.4, -0.2) is 17.0 Å². The van der Waals surface area contributed by atoms with Crippen LogP contribution in [0, 0.1) is 13.8 Å². The fourth-order valence-corrected chi connectivity index (χ4v) is 2.60. The lowest BCUT2D eigenvalue weighted by atomic mass is 10.0. The van der Waals surface area contributed by atoms with E-state index in [0.717, 1.165) is 16.7 Å². The zero-order chi connectivity index (χ0) is 16.8. The van der Waals surface area contributed by atoms with E-state index >= 15 is 0 Å². The number of rotatable bonds is 6. The molecule has 1 unspecified atom stereocenters. The highest BCUT2D eigenvalue weighted by atomic mass is 16.4. The second-order valence-corrected chi connectivity index (χ2v) is 5.75. The molecule has 4 nitrogen and oxygen atoms in total. The Balaban J connectivity index is 2.04. The van der Waals surface area contributed by atoms with Crippen LogP contribution >= 0.6 is 0 Å². The molecular formula is C19H21NO3. The fourth-order valence-electron chi connectivity index (χ4n) is 2.60. The summed E-state index contributed by atoms with van der Waals surface area (Å²) in [5.41, 5.74) is 3.61. The largest absolute Gasteiger partial charge is 0.479 e. The lowest BCUT2D eigenvalue weighted by Crippen LogP contribution is -2.34. The summed E-state index contributed by atoms with van der Waals surface area (Å²) in [5.74, 6) is -1.32. The molecule has 2 N–H and O–H groups in total. The zero-order valence-electron chi connectivity index (χ0n) is 13.4. The smallest absolute Gasteiger partial charge is 0.330 e. The van der Waals surface area contributed by atoms with Gasteiger partial charge in [0.1, 0.15) is 0 Å². The second-order valence-electron chi connectivity index (χ2n) is 5.75. The molecule has 120 valence electrons. The molecule has 1 atom stereocenters. The van der Waals surface area contributed by atoms with Crippen LogP contribution in [0.4, 0.5) is 0 Å². The number of aliphatic carboxylic acids is 1. The van der Waals surface area contributed by atoms with Crippen molar-refractivity contribution < 1.29 is 14.7 Å². The number of hydrogen-bond acceptors (Lipinski definition) is 2. The molecule has 0 radical (unpaired) electrons. The summed E-state index contributed by atoms with van der Waals surface area (Å²) < 4.78 is 0. The number of nitrogens with one attached hydrogen (secondary N) is 1. The van der Waals surface area contributed by atoms with Gasteiger partial charge in [-0.3, -0.25) is 4.79 Å². The molecule has 2 aromatic rings. The Labute approximate surface area is 136 Å². The van der Waals surface area contributed by atoms with E-state index in [1.54, 1.807) is 12.1 Å². The molecule has 1 amide bonds. The summed E-state index contributed by atoms with van der Waals surface area (Å²) in [6.45, 7) is 3.82. The number of carboxylic acid groups (broad SMARTS) is 1. The number of carboxylic acids is 1. The third-order valence-electron chi connectivity index (χ3n) is 3.61. The highest BCUT2D eigenvalue weighted by molar-refractivity contribution is 5.84. The first-order valence-corrected chi connectivity index (χ1v) is 7.60. The van der Waals surface area contributed by atoms with Gasteiger partial charge in [0.15, 0.2) is 6.04 Å². The summed E-state index contributed by atoms with van der Waals surface area (Å²) in [5, 5.41) is 12.0. The lowest BCUT2D eigenvalue weighted by molar-refractivity contribution is -0.142. The molecule has 0 aliphatic rings. The van der Waals surface area contributed by atoms with Crippen molar-refractivity contribution in [1.29, 1.82) is 0 Å². The number of benzene rings is 2. The number of amides is 1. The molecule has 2 aromatic carbocycles. The molecule has 0 saturated carbocycles. The Morgan fingerprint density at radius 3 is 2.22 bits per heavy atom. The maximum Gasteiger partial charge on any atom is 0.330 e. The van der Waals surface area contributed by atoms with Gasteiger partial charge in [0.25, 0.3) is 0 Å². The molecule has 0 aliphatic carbocycles. The molecule has 0 bridgehead atoms. The first-order valence-electron chi connectivity index (χ1n) is 7.60. The van der Waals surface area contributed by atoms with Crippen LogP contribution in [0.3, 0.4) is 0 Å². The van der Waals surface area contributed by atoms with Crippen molar-refractivity contribution in [3.8, 4) is 0 Å². The van der Waals surface area contributed by atoms with Crippen molar-refractivity contribution >= 4 is 11.9 Å². The first-order chi connectivity index (χ1) is 11.0. The van der Waals surface area contributed by atoms with E-state index < -0.39 is 12.0 Å². The van der Waals surface area contributed by atoms with Crippen LogP contribution in [0.2, 0.25) is 0 Å². The normalized spacial score (nSPS) is 11.7. The second kappa shape index (κ2) is 7.58. The van der Waals surface area contributed by atoms with E-state index in [1.165, 1.54) is 0 Å². The van der Waals surface area contributed by atoms with Gasteiger partial charge in [0.05, 0.1) is 0 Å². The van der Waals surface area contributed by atoms with Crippen LogP contribution in [0.1, 0.15) is 34.7 Å². The Morgan fingerprint density at radius 2 is 1.65 bits per heavy atom. The van der Waals surface area contributed by atoms with Gasteiger partial charge in [-0.05, 0) is 31.4 Å². The van der Waals surface area contributed by atoms with E-state index in [-0.39, 0.29) is 12.3 Å². The number of carbonyl (C=O) groups is 2. The number of aryl methyl sites for hydroxylation is 3. The van der Waals surface area contributed by atoms with E-state index in [1.807, 2.05) is 50.2 Å². The summed E-state index contributed by atoms with van der Waals surface area (Å²) >= 11 is 0. The van der Waals surface area contributed by atoms with Gasteiger partial charge in [0, 0.05) is 6.42 Å². The molecule has 0 heterocycles. The zero-order valence-corrected chi connectivity index (χ0v) is 13.4. The van der Waals surface area contributed by atoms with Crippen LogP contribution in [-0.2, 0) is 16.0 Å². The molecular weight excluding hydrogens is 290 g/mol. The minimum atomic E-state index is -1.05. The monoisotopic (exact) mass is 311 g/mol. The summed E-state index contributed by atoms with van der Waals surface area (Å²) in [4.78, 5) is 23.6. The Morgan fingerprint density at radius 1 is 1.04 bits per heavy atom. The summed E-state index contributed by atoms with van der Waals surface area (Å²) in [6, 6.07) is 14.2. The summed E-state index contributed by atoms with van der Waals surface area (Å²) in [7, 11) is 0. The lowest BCUT2D eigenvalue weighted by Gasteiger charge is -2.16. The van der Waals surface area contributed by atoms with Gasteiger partial charge >= 0.3 is 5.97 Å². The SMILES string of the molecule is Cc1cc(C)cc(C(NC(=O)CCc2ccccc2)C(=O)O)c1. The minimum Gasteiger partial charge on any atom is -0.479 e. The van der Waals surface area contributed by atoms with Crippen LogP contribution in [0.5, 0.6) is 0 Å². The summed E-state index contributed by atoms with van der Waals surface area (Å²) in [6.07, 6.45) is 0.852. The number of hydrogen-bond donors (Lipinski definition) is 2. The van der Waals surface area contributed by atoms with Gasteiger partial charge in [-0.15, -0.1) is 0 Å². The number of carbonyl (C=O) groups excluding carboxylic acids is 1. The van der Waals surface area contributed by atoms with E-state index in [0.29, 0.717) is 12.0 Å². The average Bonchev–Trinajstić information content (AvgIpc) is 2.50. The predicted octanol–water partition coefficient (Wildman–Crippen LogP) is 3.18. The minimum absolute atomic E-state index is 0.262. The van der Waals surface area contributed by atoms with Gasteiger partial charge in [-0.1, -0.05) is 59.7 Å². The Kier molecular flexibility index (Phi) is 5.52. The van der Waals surface area contributed by atoms with Crippen molar-refractivity contribution in [2.45, 2.75) is 32.7 Å². The molecule has 23 heavy (non-hydrogen) atoms. The van der Waals surface area contributed by atoms with Crippen molar-refractivity contribution in [2.24, 2.45) is 0 Å². The molecule has 0 spiro atoms.